The second-order valence-electron chi connectivity index (χ2n) is 5.92. The minimum atomic E-state index is -4.88. The van der Waals surface area contributed by atoms with Gasteiger partial charge in [0.15, 0.2) is 5.69 Å². The maximum atomic E-state index is 13.2. The molecule has 0 bridgehead atoms. The van der Waals surface area contributed by atoms with E-state index in [2.05, 4.69) is 15.4 Å². The second kappa shape index (κ2) is 7.87. The molecule has 0 unspecified atom stereocenters. The van der Waals surface area contributed by atoms with E-state index < -0.39 is 35.6 Å². The summed E-state index contributed by atoms with van der Waals surface area (Å²) in [5.41, 5.74) is -2.92. The topological polar surface area (TPSA) is 74.6 Å². The summed E-state index contributed by atoms with van der Waals surface area (Å²) < 4.78 is 83.7. The van der Waals surface area contributed by atoms with Crippen molar-refractivity contribution in [2.45, 2.75) is 19.0 Å². The van der Waals surface area contributed by atoms with Crippen LogP contribution in [-0.4, -0.2) is 15.4 Å². The molecule has 0 spiro atoms. The molecular weight excluding hydrogens is 438 g/mol. The number of aromatic amines is 1. The Hall–Kier alpha value is -3.26. The Morgan fingerprint density at radius 3 is 2.43 bits per heavy atom. The van der Waals surface area contributed by atoms with E-state index in [0.717, 1.165) is 0 Å². The first-order chi connectivity index (χ1) is 14.0. The van der Waals surface area contributed by atoms with E-state index in [1.165, 1.54) is 18.2 Å². The first-order valence-electron chi connectivity index (χ1n) is 8.02. The zero-order valence-electron chi connectivity index (χ0n) is 14.6. The van der Waals surface area contributed by atoms with Crippen LogP contribution in [0.25, 0.3) is 11.3 Å². The van der Waals surface area contributed by atoms with E-state index in [4.69, 9.17) is 21.6 Å². The van der Waals surface area contributed by atoms with E-state index in [0.29, 0.717) is 18.2 Å². The van der Waals surface area contributed by atoms with Crippen LogP contribution in [0, 0.1) is 11.3 Å². The van der Waals surface area contributed by atoms with Gasteiger partial charge in [0.25, 0.3) is 0 Å². The van der Waals surface area contributed by atoms with E-state index in [1.807, 2.05) is 6.07 Å². The van der Waals surface area contributed by atoms with Gasteiger partial charge in [0.05, 0.1) is 16.1 Å². The van der Waals surface area contributed by atoms with E-state index in [-0.39, 0.29) is 27.7 Å². The molecule has 0 atom stereocenters. The molecule has 3 rings (SSSR count). The SMILES string of the molecule is N#Cc1[nH]nnc1-c1cccc(OCc2cc(C(F)(F)F)ccc2C(F)(F)F)c1Cl. The van der Waals surface area contributed by atoms with Crippen molar-refractivity contribution >= 4 is 11.6 Å². The Balaban J connectivity index is 1.96. The van der Waals surface area contributed by atoms with Gasteiger partial charge in [-0.1, -0.05) is 28.9 Å². The van der Waals surface area contributed by atoms with Crippen LogP contribution in [0.4, 0.5) is 26.3 Å². The molecule has 0 amide bonds. The molecule has 0 radical (unpaired) electrons. The summed E-state index contributed by atoms with van der Waals surface area (Å²) in [5, 5.41) is 18.5. The lowest BCUT2D eigenvalue weighted by molar-refractivity contribution is -0.142. The highest BCUT2D eigenvalue weighted by atomic mass is 35.5. The van der Waals surface area contributed by atoms with Crippen molar-refractivity contribution in [1.29, 1.82) is 5.26 Å². The lowest BCUT2D eigenvalue weighted by Crippen LogP contribution is -2.14. The highest BCUT2D eigenvalue weighted by Gasteiger charge is 2.37. The standard InChI is InChI=1S/C18H9ClF6N4O/c19-15-11(16-13(7-26)27-29-28-16)2-1-3-14(15)30-8-9-6-10(17(20,21)22)4-5-12(9)18(23,24)25/h1-6H,8H2,(H,27,28,29). The fraction of sp³-hybridized carbons (Fsp3) is 0.167. The smallest absolute Gasteiger partial charge is 0.416 e. The fourth-order valence-electron chi connectivity index (χ4n) is 2.62. The number of halogens is 7. The number of nitrogens with zero attached hydrogens (tertiary/aromatic N) is 3. The summed E-state index contributed by atoms with van der Waals surface area (Å²) in [4.78, 5) is 0. The third-order valence-electron chi connectivity index (χ3n) is 4.00. The van der Waals surface area contributed by atoms with Crippen molar-refractivity contribution in [3.05, 3.63) is 63.8 Å². The summed E-state index contributed by atoms with van der Waals surface area (Å²) in [6, 6.07) is 7.13. The van der Waals surface area contributed by atoms with Crippen molar-refractivity contribution in [3.63, 3.8) is 0 Å². The molecule has 0 saturated carbocycles. The van der Waals surface area contributed by atoms with Gasteiger partial charge in [0.2, 0.25) is 0 Å². The highest BCUT2D eigenvalue weighted by molar-refractivity contribution is 6.34. The molecule has 2 aromatic carbocycles. The average Bonchev–Trinajstić information content (AvgIpc) is 3.14. The molecule has 12 heteroatoms. The first kappa shape index (κ1) is 21.4. The normalized spacial score (nSPS) is 11.9. The highest BCUT2D eigenvalue weighted by Crippen LogP contribution is 2.39. The molecule has 3 aromatic rings. The van der Waals surface area contributed by atoms with Gasteiger partial charge in [-0.2, -0.15) is 31.6 Å². The number of alkyl halides is 6. The van der Waals surface area contributed by atoms with Crippen molar-refractivity contribution < 1.29 is 31.1 Å². The maximum absolute atomic E-state index is 13.2. The zero-order valence-corrected chi connectivity index (χ0v) is 15.3. The predicted molar refractivity (Wildman–Crippen MR) is 92.3 cm³/mol. The summed E-state index contributed by atoms with van der Waals surface area (Å²) >= 11 is 6.21. The number of aromatic nitrogens is 3. The van der Waals surface area contributed by atoms with Gasteiger partial charge in [0, 0.05) is 11.1 Å². The minimum absolute atomic E-state index is 0.00807. The summed E-state index contributed by atoms with van der Waals surface area (Å²) in [6.07, 6.45) is -9.70. The third kappa shape index (κ3) is 4.33. The number of H-pyrrole nitrogens is 1. The lowest BCUT2D eigenvalue weighted by atomic mass is 10.0. The van der Waals surface area contributed by atoms with Crippen LogP contribution >= 0.6 is 11.6 Å². The number of rotatable bonds is 4. The Morgan fingerprint density at radius 2 is 1.80 bits per heavy atom. The van der Waals surface area contributed by atoms with Crippen molar-refractivity contribution in [2.75, 3.05) is 0 Å². The molecule has 30 heavy (non-hydrogen) atoms. The van der Waals surface area contributed by atoms with Crippen LogP contribution < -0.4 is 4.74 Å². The van der Waals surface area contributed by atoms with Crippen LogP contribution in [-0.2, 0) is 19.0 Å². The summed E-state index contributed by atoms with van der Waals surface area (Å²) in [7, 11) is 0. The van der Waals surface area contributed by atoms with Crippen LogP contribution in [0.3, 0.4) is 0 Å². The molecule has 0 aliphatic carbocycles. The third-order valence-corrected chi connectivity index (χ3v) is 4.39. The van der Waals surface area contributed by atoms with Gasteiger partial charge in [-0.25, -0.2) is 5.10 Å². The first-order valence-corrected chi connectivity index (χ1v) is 8.40. The summed E-state index contributed by atoms with van der Waals surface area (Å²) in [5.74, 6) is -0.105. The van der Waals surface area contributed by atoms with E-state index in [1.54, 1.807) is 0 Å². The number of benzene rings is 2. The van der Waals surface area contributed by atoms with Gasteiger partial charge in [-0.05, 0) is 24.3 Å². The van der Waals surface area contributed by atoms with Crippen LogP contribution in [0.2, 0.25) is 5.02 Å². The number of nitriles is 1. The van der Waals surface area contributed by atoms with Gasteiger partial charge in [0.1, 0.15) is 24.1 Å². The van der Waals surface area contributed by atoms with Crippen molar-refractivity contribution in [2.24, 2.45) is 0 Å². The molecule has 0 fully saturated rings. The van der Waals surface area contributed by atoms with E-state index >= 15 is 0 Å². The molecule has 5 nitrogen and oxygen atoms in total. The molecule has 0 aliphatic rings. The van der Waals surface area contributed by atoms with Crippen LogP contribution in [0.5, 0.6) is 5.75 Å². The monoisotopic (exact) mass is 446 g/mol. The van der Waals surface area contributed by atoms with Crippen molar-refractivity contribution in [3.8, 4) is 23.1 Å². The molecule has 1 N–H and O–H groups in total. The molecule has 0 aliphatic heterocycles. The number of hydrogen-bond donors (Lipinski definition) is 1. The number of nitrogens with one attached hydrogen (secondary N) is 1. The second-order valence-corrected chi connectivity index (χ2v) is 6.30. The van der Waals surface area contributed by atoms with Crippen LogP contribution in [0.1, 0.15) is 22.4 Å². The minimum Gasteiger partial charge on any atom is -0.487 e. The lowest BCUT2D eigenvalue weighted by Gasteiger charge is -2.17. The zero-order chi connectivity index (χ0) is 22.1. The molecule has 1 aromatic heterocycles. The predicted octanol–water partition coefficient (Wildman–Crippen LogP) is 5.61. The molecular formula is C18H9ClF6N4O. The maximum Gasteiger partial charge on any atom is 0.416 e. The van der Waals surface area contributed by atoms with Crippen molar-refractivity contribution in [1.82, 2.24) is 15.4 Å². The van der Waals surface area contributed by atoms with Gasteiger partial charge < -0.3 is 4.74 Å². The molecule has 156 valence electrons. The van der Waals surface area contributed by atoms with Gasteiger partial charge in [-0.3, -0.25) is 0 Å². The molecule has 0 saturated heterocycles. The Bertz CT molecular complexity index is 1120. The van der Waals surface area contributed by atoms with E-state index in [9.17, 15) is 26.3 Å². The Labute approximate surface area is 169 Å². The average molecular weight is 447 g/mol. The Morgan fingerprint density at radius 1 is 1.07 bits per heavy atom. The quantitative estimate of drug-likeness (QED) is 0.528. The fourth-order valence-corrected chi connectivity index (χ4v) is 2.89. The number of ether oxygens (including phenoxy) is 1. The Kier molecular flexibility index (Phi) is 5.63. The largest absolute Gasteiger partial charge is 0.487 e. The van der Waals surface area contributed by atoms with Gasteiger partial charge >= 0.3 is 12.4 Å². The van der Waals surface area contributed by atoms with Crippen LogP contribution in [0.15, 0.2) is 36.4 Å². The van der Waals surface area contributed by atoms with Gasteiger partial charge in [-0.15, -0.1) is 5.10 Å². The molecule has 1 heterocycles. The summed E-state index contributed by atoms with van der Waals surface area (Å²) in [6.45, 7) is -0.828. The number of hydrogen-bond acceptors (Lipinski definition) is 4.